The van der Waals surface area contributed by atoms with Gasteiger partial charge in [0.15, 0.2) is 0 Å². The van der Waals surface area contributed by atoms with E-state index >= 15 is 0 Å². The van der Waals surface area contributed by atoms with Crippen molar-refractivity contribution in [2.75, 3.05) is 0 Å². The van der Waals surface area contributed by atoms with Crippen molar-refractivity contribution in [3.63, 3.8) is 0 Å². The van der Waals surface area contributed by atoms with Crippen molar-refractivity contribution in [3.05, 3.63) is 11.8 Å². The first-order valence-corrected chi connectivity index (χ1v) is 4.86. The topological polar surface area (TPSA) is 76.2 Å². The van der Waals surface area contributed by atoms with E-state index in [9.17, 15) is 4.79 Å². The average Bonchev–Trinajstić information content (AvgIpc) is 2.48. The lowest BCUT2D eigenvalue weighted by molar-refractivity contribution is -0.137. The van der Waals surface area contributed by atoms with Crippen molar-refractivity contribution in [1.82, 2.24) is 10.2 Å². The SMILES string of the molecule is CC(CC(=O)O)c1nnc(C(C)(C)C)o1. The maximum atomic E-state index is 10.5. The molecule has 0 aromatic carbocycles. The normalized spacial score (nSPS) is 13.9. The van der Waals surface area contributed by atoms with Gasteiger partial charge in [-0.2, -0.15) is 0 Å². The van der Waals surface area contributed by atoms with Crippen molar-refractivity contribution in [3.8, 4) is 0 Å². The maximum absolute atomic E-state index is 10.5. The van der Waals surface area contributed by atoms with Crippen LogP contribution in [0.2, 0.25) is 0 Å². The summed E-state index contributed by atoms with van der Waals surface area (Å²) >= 11 is 0. The zero-order chi connectivity index (χ0) is 11.6. The lowest BCUT2D eigenvalue weighted by atomic mass is 9.97. The highest BCUT2D eigenvalue weighted by atomic mass is 16.4. The van der Waals surface area contributed by atoms with Crippen LogP contribution in [-0.2, 0) is 10.2 Å². The number of nitrogens with zero attached hydrogens (tertiary/aromatic N) is 2. The van der Waals surface area contributed by atoms with E-state index < -0.39 is 5.97 Å². The summed E-state index contributed by atoms with van der Waals surface area (Å²) < 4.78 is 5.43. The van der Waals surface area contributed by atoms with Crippen LogP contribution in [-0.4, -0.2) is 21.3 Å². The van der Waals surface area contributed by atoms with Crippen molar-refractivity contribution in [2.24, 2.45) is 0 Å². The summed E-state index contributed by atoms with van der Waals surface area (Å²) in [5.74, 6) is -0.179. The van der Waals surface area contributed by atoms with Gasteiger partial charge in [-0.25, -0.2) is 0 Å². The minimum Gasteiger partial charge on any atom is -0.481 e. The lowest BCUT2D eigenvalue weighted by Gasteiger charge is -2.11. The first kappa shape index (κ1) is 11.7. The summed E-state index contributed by atoms with van der Waals surface area (Å²) in [4.78, 5) is 10.5. The van der Waals surface area contributed by atoms with Crippen molar-refractivity contribution >= 4 is 5.97 Å². The second-order valence-electron chi connectivity index (χ2n) is 4.69. The molecule has 1 rings (SSSR count). The van der Waals surface area contributed by atoms with Crippen molar-refractivity contribution in [1.29, 1.82) is 0 Å². The third-order valence-electron chi connectivity index (χ3n) is 1.98. The van der Waals surface area contributed by atoms with Gasteiger partial charge in [0, 0.05) is 11.3 Å². The van der Waals surface area contributed by atoms with Crippen LogP contribution in [0.4, 0.5) is 0 Å². The number of rotatable bonds is 3. The first-order chi connectivity index (χ1) is 6.80. The van der Waals surface area contributed by atoms with Gasteiger partial charge in [-0.1, -0.05) is 27.7 Å². The molecule has 0 bridgehead atoms. The van der Waals surface area contributed by atoms with E-state index in [1.54, 1.807) is 6.92 Å². The highest BCUT2D eigenvalue weighted by Crippen LogP contribution is 2.24. The van der Waals surface area contributed by atoms with Crippen LogP contribution in [0.5, 0.6) is 0 Å². The van der Waals surface area contributed by atoms with E-state index in [4.69, 9.17) is 9.52 Å². The van der Waals surface area contributed by atoms with E-state index in [0.29, 0.717) is 11.8 Å². The van der Waals surface area contributed by atoms with Gasteiger partial charge in [-0.05, 0) is 0 Å². The van der Waals surface area contributed by atoms with Gasteiger partial charge in [0.05, 0.1) is 6.42 Å². The van der Waals surface area contributed by atoms with E-state index in [1.165, 1.54) is 0 Å². The van der Waals surface area contributed by atoms with Crippen LogP contribution in [0.1, 0.15) is 51.8 Å². The molecule has 5 nitrogen and oxygen atoms in total. The Balaban J connectivity index is 2.80. The molecule has 0 aliphatic rings. The number of hydrogen-bond donors (Lipinski definition) is 1. The molecule has 0 amide bonds. The molecule has 1 unspecified atom stereocenters. The highest BCUT2D eigenvalue weighted by molar-refractivity contribution is 5.67. The van der Waals surface area contributed by atoms with Gasteiger partial charge in [-0.3, -0.25) is 4.79 Å². The molecule has 5 heteroatoms. The minimum atomic E-state index is -0.863. The molecule has 0 aliphatic carbocycles. The van der Waals surface area contributed by atoms with Crippen molar-refractivity contribution < 1.29 is 14.3 Å². The molecule has 1 heterocycles. The molecule has 0 radical (unpaired) electrons. The maximum Gasteiger partial charge on any atom is 0.304 e. The third kappa shape index (κ3) is 3.04. The lowest BCUT2D eigenvalue weighted by Crippen LogP contribution is -2.11. The Hall–Kier alpha value is -1.39. The van der Waals surface area contributed by atoms with Gasteiger partial charge in [0.25, 0.3) is 0 Å². The smallest absolute Gasteiger partial charge is 0.304 e. The molecule has 0 saturated carbocycles. The van der Waals surface area contributed by atoms with E-state index in [2.05, 4.69) is 10.2 Å². The Morgan fingerprint density at radius 3 is 2.47 bits per heavy atom. The van der Waals surface area contributed by atoms with Gasteiger partial charge in [0.1, 0.15) is 0 Å². The average molecular weight is 212 g/mol. The standard InChI is InChI=1S/C10H16N2O3/c1-6(5-7(13)14)8-11-12-9(15-8)10(2,3)4/h6H,5H2,1-4H3,(H,13,14). The molecular formula is C10H16N2O3. The van der Waals surface area contributed by atoms with Crippen LogP contribution in [0.25, 0.3) is 0 Å². The van der Waals surface area contributed by atoms with Gasteiger partial charge >= 0.3 is 5.97 Å². The van der Waals surface area contributed by atoms with Gasteiger partial charge < -0.3 is 9.52 Å². The zero-order valence-corrected chi connectivity index (χ0v) is 9.44. The van der Waals surface area contributed by atoms with Crippen molar-refractivity contribution in [2.45, 2.75) is 45.4 Å². The monoisotopic (exact) mass is 212 g/mol. The van der Waals surface area contributed by atoms with E-state index in [1.807, 2.05) is 20.8 Å². The summed E-state index contributed by atoms with van der Waals surface area (Å²) in [7, 11) is 0. The molecule has 1 N–H and O–H groups in total. The summed E-state index contributed by atoms with van der Waals surface area (Å²) in [5, 5.41) is 16.4. The quantitative estimate of drug-likeness (QED) is 0.828. The zero-order valence-electron chi connectivity index (χ0n) is 9.44. The molecule has 84 valence electrons. The van der Waals surface area contributed by atoms with Gasteiger partial charge in [-0.15, -0.1) is 10.2 Å². The van der Waals surface area contributed by atoms with Gasteiger partial charge in [0.2, 0.25) is 11.8 Å². The molecule has 0 saturated heterocycles. The number of aromatic nitrogens is 2. The highest BCUT2D eigenvalue weighted by Gasteiger charge is 2.24. The molecule has 1 aromatic rings. The fourth-order valence-corrected chi connectivity index (χ4v) is 1.09. The number of carboxylic acids is 1. The fourth-order valence-electron chi connectivity index (χ4n) is 1.09. The molecular weight excluding hydrogens is 196 g/mol. The minimum absolute atomic E-state index is 0.00573. The Kier molecular flexibility index (Phi) is 3.12. The van der Waals surface area contributed by atoms with Crippen LogP contribution in [0.3, 0.4) is 0 Å². The van der Waals surface area contributed by atoms with E-state index in [-0.39, 0.29) is 17.8 Å². The fraction of sp³-hybridized carbons (Fsp3) is 0.700. The molecule has 0 aliphatic heterocycles. The first-order valence-electron chi connectivity index (χ1n) is 4.86. The van der Waals surface area contributed by atoms with E-state index in [0.717, 1.165) is 0 Å². The predicted octanol–water partition coefficient (Wildman–Crippen LogP) is 1.95. The third-order valence-corrected chi connectivity index (χ3v) is 1.98. The molecule has 0 fully saturated rings. The second-order valence-corrected chi connectivity index (χ2v) is 4.69. The molecule has 0 spiro atoms. The Bertz CT molecular complexity index is 352. The number of aliphatic carboxylic acids is 1. The Labute approximate surface area is 88.5 Å². The Morgan fingerprint density at radius 2 is 2.07 bits per heavy atom. The second kappa shape index (κ2) is 4.00. The summed E-state index contributed by atoms with van der Waals surface area (Å²) in [6.07, 6.45) is 0.00573. The van der Waals surface area contributed by atoms with Crippen LogP contribution in [0.15, 0.2) is 4.42 Å². The van der Waals surface area contributed by atoms with Crippen LogP contribution in [0, 0.1) is 0 Å². The molecule has 1 aromatic heterocycles. The molecule has 1 atom stereocenters. The van der Waals surface area contributed by atoms with Crippen LogP contribution >= 0.6 is 0 Å². The summed E-state index contributed by atoms with van der Waals surface area (Å²) in [5.41, 5.74) is -0.200. The Morgan fingerprint density at radius 1 is 1.47 bits per heavy atom. The predicted molar refractivity (Wildman–Crippen MR) is 53.7 cm³/mol. The largest absolute Gasteiger partial charge is 0.481 e. The number of hydrogen-bond acceptors (Lipinski definition) is 4. The number of carbonyl (C=O) groups is 1. The summed E-state index contributed by atoms with van der Waals surface area (Å²) in [6, 6.07) is 0. The molecule has 15 heavy (non-hydrogen) atoms. The van der Waals surface area contributed by atoms with Crippen LogP contribution < -0.4 is 0 Å². The number of carboxylic acid groups (broad SMARTS) is 1. The summed E-state index contributed by atoms with van der Waals surface area (Å²) in [6.45, 7) is 7.65.